The van der Waals surface area contributed by atoms with Crippen LogP contribution in [-0.2, 0) is 0 Å². The van der Waals surface area contributed by atoms with Gasteiger partial charge in [-0.15, -0.1) is 36.2 Å². The summed E-state index contributed by atoms with van der Waals surface area (Å²) in [6.07, 6.45) is 2.16. The number of anilines is 1. The summed E-state index contributed by atoms with van der Waals surface area (Å²) in [5.41, 5.74) is 6.01. The molecule has 0 saturated carbocycles. The number of nitrogens with zero attached hydrogens (tertiary/aromatic N) is 3. The van der Waals surface area contributed by atoms with Crippen LogP contribution >= 0.6 is 47.5 Å². The van der Waals surface area contributed by atoms with Crippen molar-refractivity contribution in [1.29, 1.82) is 0 Å². The van der Waals surface area contributed by atoms with Gasteiger partial charge < -0.3 is 15.5 Å². The fourth-order valence-corrected chi connectivity index (χ4v) is 4.90. The van der Waals surface area contributed by atoms with E-state index in [-0.39, 0.29) is 36.8 Å². The van der Waals surface area contributed by atoms with Crippen molar-refractivity contribution in [3.63, 3.8) is 0 Å². The summed E-state index contributed by atoms with van der Waals surface area (Å²) in [6, 6.07) is 2.13. The van der Waals surface area contributed by atoms with E-state index in [9.17, 15) is 4.79 Å². The summed E-state index contributed by atoms with van der Waals surface area (Å²) in [4.78, 5) is 23.0. The zero-order valence-corrected chi connectivity index (χ0v) is 17.3. The molecule has 2 N–H and O–H groups in total. The van der Waals surface area contributed by atoms with Crippen LogP contribution in [-0.4, -0.2) is 49.0 Å². The molecule has 0 aromatic carbocycles. The molecule has 24 heavy (non-hydrogen) atoms. The molecule has 1 fully saturated rings. The van der Waals surface area contributed by atoms with Crippen LogP contribution in [0.4, 0.5) is 5.13 Å². The molecule has 2 unspecified atom stereocenters. The number of rotatable bonds is 3. The van der Waals surface area contributed by atoms with Crippen molar-refractivity contribution in [2.45, 2.75) is 25.8 Å². The smallest absolute Gasteiger partial charge is 0.264 e. The fraction of sp³-hybridized carbons (Fsp3) is 0.600. The van der Waals surface area contributed by atoms with E-state index in [4.69, 9.17) is 5.73 Å². The molecule has 1 aliphatic rings. The van der Waals surface area contributed by atoms with E-state index in [2.05, 4.69) is 4.98 Å². The Hall–Kier alpha value is -0.600. The number of hydrogen-bond donors (Lipinski definition) is 1. The fourth-order valence-electron chi connectivity index (χ4n) is 2.80. The molecule has 0 bridgehead atoms. The van der Waals surface area contributed by atoms with Gasteiger partial charge in [-0.25, -0.2) is 4.98 Å². The molecular formula is C15H24Cl2N4OS2. The minimum Gasteiger partial charge on any atom is -0.354 e. The summed E-state index contributed by atoms with van der Waals surface area (Å²) < 4.78 is 1.10. The van der Waals surface area contributed by atoms with Crippen LogP contribution in [0.1, 0.15) is 29.4 Å². The summed E-state index contributed by atoms with van der Waals surface area (Å²) in [5, 5.41) is 0.982. The largest absolute Gasteiger partial charge is 0.354 e. The lowest BCUT2D eigenvalue weighted by Crippen LogP contribution is -2.44. The van der Waals surface area contributed by atoms with Gasteiger partial charge in [0.25, 0.3) is 5.91 Å². The van der Waals surface area contributed by atoms with Gasteiger partial charge >= 0.3 is 0 Å². The molecule has 0 aliphatic carbocycles. The molecule has 1 amide bonds. The van der Waals surface area contributed by atoms with Gasteiger partial charge in [-0.2, -0.15) is 0 Å². The highest BCUT2D eigenvalue weighted by molar-refractivity contribution is 7.29. The first-order valence-electron chi connectivity index (χ1n) is 7.58. The monoisotopic (exact) mass is 410 g/mol. The first-order chi connectivity index (χ1) is 10.5. The number of carbonyl (C=O) groups excluding carboxylic acids is 1. The number of piperidine rings is 1. The second kappa shape index (κ2) is 8.67. The Morgan fingerprint density at radius 1 is 1.42 bits per heavy atom. The molecule has 3 heterocycles. The quantitative estimate of drug-likeness (QED) is 0.840. The van der Waals surface area contributed by atoms with Crippen molar-refractivity contribution in [3.8, 4) is 0 Å². The standard InChI is InChI=1S/C15H22N4OS2.2ClH/c1-9(16)10-5-4-6-19(8-10)14(20)12-7-11-13(21-12)17-15(22-11)18(2)3;;/h7,9-10H,4-6,8,16H2,1-3H3;2*1H. The van der Waals surface area contributed by atoms with Gasteiger partial charge in [-0.05, 0) is 31.7 Å². The molecule has 136 valence electrons. The molecule has 2 aromatic heterocycles. The molecule has 0 spiro atoms. The maximum Gasteiger partial charge on any atom is 0.264 e. The minimum atomic E-state index is 0. The Morgan fingerprint density at radius 3 is 2.71 bits per heavy atom. The molecule has 5 nitrogen and oxygen atoms in total. The lowest BCUT2D eigenvalue weighted by Gasteiger charge is -2.34. The molecular weight excluding hydrogens is 387 g/mol. The summed E-state index contributed by atoms with van der Waals surface area (Å²) in [6.45, 7) is 3.65. The van der Waals surface area contributed by atoms with Crippen molar-refractivity contribution in [1.82, 2.24) is 9.88 Å². The Kier molecular flexibility index (Phi) is 7.75. The van der Waals surface area contributed by atoms with E-state index in [0.717, 1.165) is 45.5 Å². The van der Waals surface area contributed by atoms with Crippen LogP contribution in [0, 0.1) is 5.92 Å². The number of hydrogen-bond acceptors (Lipinski definition) is 6. The van der Waals surface area contributed by atoms with E-state index in [0.29, 0.717) is 5.92 Å². The summed E-state index contributed by atoms with van der Waals surface area (Å²) >= 11 is 3.13. The number of amides is 1. The Balaban J connectivity index is 0.00000144. The van der Waals surface area contributed by atoms with Crippen molar-refractivity contribution >= 4 is 68.1 Å². The number of aromatic nitrogens is 1. The number of likely N-dealkylation sites (tertiary alicyclic amines) is 1. The average Bonchev–Trinajstić information content (AvgIpc) is 3.05. The highest BCUT2D eigenvalue weighted by Crippen LogP contribution is 2.34. The average molecular weight is 411 g/mol. The Morgan fingerprint density at radius 2 is 2.12 bits per heavy atom. The Bertz CT molecular complexity index is 655. The van der Waals surface area contributed by atoms with Gasteiger partial charge in [0, 0.05) is 33.2 Å². The minimum absolute atomic E-state index is 0. The molecule has 2 atom stereocenters. The zero-order chi connectivity index (χ0) is 15.9. The first kappa shape index (κ1) is 21.4. The highest BCUT2D eigenvalue weighted by Gasteiger charge is 2.27. The van der Waals surface area contributed by atoms with Crippen molar-refractivity contribution in [3.05, 3.63) is 10.9 Å². The number of thiophene rings is 1. The highest BCUT2D eigenvalue weighted by atomic mass is 35.5. The van der Waals surface area contributed by atoms with E-state index in [1.54, 1.807) is 11.3 Å². The number of carbonyl (C=O) groups is 1. The van der Waals surface area contributed by atoms with Crippen LogP contribution in [0.25, 0.3) is 9.53 Å². The van der Waals surface area contributed by atoms with Gasteiger partial charge in [-0.3, -0.25) is 4.79 Å². The zero-order valence-electron chi connectivity index (χ0n) is 14.0. The van der Waals surface area contributed by atoms with Crippen LogP contribution < -0.4 is 10.6 Å². The number of nitrogens with two attached hydrogens (primary N) is 1. The third kappa shape index (κ3) is 4.32. The van der Waals surface area contributed by atoms with Gasteiger partial charge in [0.05, 0.1) is 9.58 Å². The third-order valence-corrected chi connectivity index (χ3v) is 6.48. The van der Waals surface area contributed by atoms with Crippen molar-refractivity contribution in [2.75, 3.05) is 32.1 Å². The van der Waals surface area contributed by atoms with Gasteiger partial charge in [0.15, 0.2) is 5.13 Å². The molecule has 9 heteroatoms. The van der Waals surface area contributed by atoms with E-state index in [1.165, 1.54) is 11.3 Å². The van der Waals surface area contributed by atoms with Crippen molar-refractivity contribution < 1.29 is 4.79 Å². The van der Waals surface area contributed by atoms with Gasteiger partial charge in [0.2, 0.25) is 0 Å². The van der Waals surface area contributed by atoms with Gasteiger partial charge in [0.1, 0.15) is 4.83 Å². The molecule has 2 aromatic rings. The van der Waals surface area contributed by atoms with Crippen LogP contribution in [0.5, 0.6) is 0 Å². The van der Waals surface area contributed by atoms with E-state index >= 15 is 0 Å². The second-order valence-electron chi connectivity index (χ2n) is 6.18. The molecule has 1 saturated heterocycles. The lowest BCUT2D eigenvalue weighted by atomic mass is 9.92. The molecule has 1 aliphatic heterocycles. The van der Waals surface area contributed by atoms with Crippen LogP contribution in [0.3, 0.4) is 0 Å². The summed E-state index contributed by atoms with van der Waals surface area (Å²) in [7, 11) is 3.96. The molecule has 3 rings (SSSR count). The first-order valence-corrected chi connectivity index (χ1v) is 9.21. The van der Waals surface area contributed by atoms with E-state index < -0.39 is 0 Å². The maximum atomic E-state index is 12.7. The lowest BCUT2D eigenvalue weighted by molar-refractivity contribution is 0.0666. The number of fused-ring (bicyclic) bond motifs is 1. The van der Waals surface area contributed by atoms with Crippen LogP contribution in [0.2, 0.25) is 0 Å². The predicted octanol–water partition coefficient (Wildman–Crippen LogP) is 3.47. The van der Waals surface area contributed by atoms with Crippen LogP contribution in [0.15, 0.2) is 6.07 Å². The molecule has 0 radical (unpaired) electrons. The maximum absolute atomic E-state index is 12.7. The summed E-state index contributed by atoms with van der Waals surface area (Å²) in [5.74, 6) is 0.546. The second-order valence-corrected chi connectivity index (χ2v) is 8.22. The van der Waals surface area contributed by atoms with Crippen molar-refractivity contribution in [2.24, 2.45) is 11.7 Å². The Labute approximate surface area is 163 Å². The number of halogens is 2. The normalized spacial score (nSPS) is 18.7. The van der Waals surface area contributed by atoms with Gasteiger partial charge in [-0.1, -0.05) is 11.3 Å². The predicted molar refractivity (Wildman–Crippen MR) is 109 cm³/mol. The SMILES string of the molecule is CC(N)C1CCCN(C(=O)c2cc3sc(N(C)C)nc3s2)C1.Cl.Cl. The van der Waals surface area contributed by atoms with E-state index in [1.807, 2.05) is 36.9 Å². The third-order valence-electron chi connectivity index (χ3n) is 4.16. The topological polar surface area (TPSA) is 62.5 Å². The number of thiazole rings is 1.